The van der Waals surface area contributed by atoms with Gasteiger partial charge in [-0.3, -0.25) is 4.79 Å². The maximum absolute atomic E-state index is 12.5. The number of para-hydroxylation sites is 1. The number of methoxy groups -OCH3 is 1. The molecule has 1 N–H and O–H groups in total. The van der Waals surface area contributed by atoms with Crippen LogP contribution in [0.1, 0.15) is 10.5 Å². The Kier molecular flexibility index (Phi) is 4.89. The van der Waals surface area contributed by atoms with E-state index in [1.165, 1.54) is 0 Å². The summed E-state index contributed by atoms with van der Waals surface area (Å²) in [4.78, 5) is 12.5. The lowest BCUT2D eigenvalue weighted by molar-refractivity contribution is 0.101. The average Bonchev–Trinajstić information content (AvgIpc) is 3.25. The monoisotopic (exact) mass is 370 g/mol. The lowest BCUT2D eigenvalue weighted by Gasteiger charge is -2.05. The van der Waals surface area contributed by atoms with Gasteiger partial charge in [-0.1, -0.05) is 59.8 Å². The SMILES string of the molecule is COc1ccccc1-c1cc(C(=O)Nc2ccc(-c3ccccc3)cc2)no1. The molecule has 138 valence electrons. The lowest BCUT2D eigenvalue weighted by atomic mass is 10.1. The highest BCUT2D eigenvalue weighted by molar-refractivity contribution is 6.03. The van der Waals surface area contributed by atoms with Gasteiger partial charge in [0.15, 0.2) is 11.5 Å². The van der Waals surface area contributed by atoms with Gasteiger partial charge in [-0.2, -0.15) is 0 Å². The molecular formula is C23H18N2O3. The molecule has 0 radical (unpaired) electrons. The van der Waals surface area contributed by atoms with Crippen molar-refractivity contribution in [1.29, 1.82) is 0 Å². The van der Waals surface area contributed by atoms with Gasteiger partial charge in [0, 0.05) is 11.8 Å². The van der Waals surface area contributed by atoms with Crippen LogP contribution < -0.4 is 10.1 Å². The molecule has 28 heavy (non-hydrogen) atoms. The number of nitrogens with one attached hydrogen (secondary N) is 1. The zero-order valence-electron chi connectivity index (χ0n) is 15.3. The van der Waals surface area contributed by atoms with Crippen LogP contribution in [0, 0.1) is 0 Å². The first-order valence-corrected chi connectivity index (χ1v) is 8.81. The third-order valence-electron chi connectivity index (χ3n) is 4.37. The first kappa shape index (κ1) is 17.5. The molecule has 0 saturated heterocycles. The minimum absolute atomic E-state index is 0.202. The summed E-state index contributed by atoms with van der Waals surface area (Å²) >= 11 is 0. The molecule has 5 heteroatoms. The van der Waals surface area contributed by atoms with E-state index >= 15 is 0 Å². The Labute approximate surface area is 162 Å². The zero-order chi connectivity index (χ0) is 19.3. The summed E-state index contributed by atoms with van der Waals surface area (Å²) in [6.07, 6.45) is 0. The van der Waals surface area contributed by atoms with Crippen LogP contribution in [0.2, 0.25) is 0 Å². The van der Waals surface area contributed by atoms with Crippen LogP contribution >= 0.6 is 0 Å². The first-order valence-electron chi connectivity index (χ1n) is 8.81. The molecule has 0 aliphatic heterocycles. The predicted octanol–water partition coefficient (Wildman–Crippen LogP) is 5.27. The highest BCUT2D eigenvalue weighted by atomic mass is 16.5. The molecule has 1 amide bonds. The molecule has 4 aromatic rings. The standard InChI is InChI=1S/C23H18N2O3/c1-27-21-10-6-5-9-19(21)22-15-20(25-28-22)23(26)24-18-13-11-17(12-14-18)16-7-3-2-4-8-16/h2-15H,1H3,(H,24,26). The van der Waals surface area contributed by atoms with Crippen molar-refractivity contribution in [2.75, 3.05) is 12.4 Å². The van der Waals surface area contributed by atoms with Crippen molar-refractivity contribution in [2.45, 2.75) is 0 Å². The van der Waals surface area contributed by atoms with E-state index in [-0.39, 0.29) is 11.6 Å². The first-order chi connectivity index (χ1) is 13.7. The maximum atomic E-state index is 12.5. The number of rotatable bonds is 5. The van der Waals surface area contributed by atoms with Crippen LogP contribution in [-0.2, 0) is 0 Å². The summed E-state index contributed by atoms with van der Waals surface area (Å²) in [7, 11) is 1.59. The molecule has 1 aromatic heterocycles. The number of benzene rings is 3. The Bertz CT molecular complexity index is 1090. The number of carbonyl (C=O) groups is 1. The van der Waals surface area contributed by atoms with E-state index in [2.05, 4.69) is 10.5 Å². The predicted molar refractivity (Wildman–Crippen MR) is 108 cm³/mol. The van der Waals surface area contributed by atoms with Gasteiger partial charge in [0.1, 0.15) is 5.75 Å². The third kappa shape index (κ3) is 3.64. The highest BCUT2D eigenvalue weighted by Gasteiger charge is 2.16. The Morgan fingerprint density at radius 3 is 2.32 bits per heavy atom. The topological polar surface area (TPSA) is 64.4 Å². The third-order valence-corrected chi connectivity index (χ3v) is 4.37. The molecule has 0 aliphatic rings. The van der Waals surface area contributed by atoms with E-state index in [1.807, 2.05) is 78.9 Å². The number of hydrogen-bond donors (Lipinski definition) is 1. The van der Waals surface area contributed by atoms with Gasteiger partial charge in [0.25, 0.3) is 5.91 Å². The Hall–Kier alpha value is -3.86. The van der Waals surface area contributed by atoms with Gasteiger partial charge in [0.05, 0.1) is 12.7 Å². The Balaban J connectivity index is 1.49. The van der Waals surface area contributed by atoms with Gasteiger partial charge in [-0.25, -0.2) is 0 Å². The van der Waals surface area contributed by atoms with E-state index in [9.17, 15) is 4.79 Å². The normalized spacial score (nSPS) is 10.5. The minimum atomic E-state index is -0.336. The summed E-state index contributed by atoms with van der Waals surface area (Å²) in [5, 5.41) is 6.72. The summed E-state index contributed by atoms with van der Waals surface area (Å²) in [6.45, 7) is 0. The molecule has 5 nitrogen and oxygen atoms in total. The molecule has 0 unspecified atom stereocenters. The van der Waals surface area contributed by atoms with Gasteiger partial charge < -0.3 is 14.6 Å². The molecular weight excluding hydrogens is 352 g/mol. The number of nitrogens with zero attached hydrogens (tertiary/aromatic N) is 1. The Morgan fingerprint density at radius 1 is 0.893 bits per heavy atom. The van der Waals surface area contributed by atoms with Crippen LogP contribution in [0.5, 0.6) is 5.75 Å². The van der Waals surface area contributed by atoms with E-state index in [4.69, 9.17) is 9.26 Å². The van der Waals surface area contributed by atoms with E-state index in [0.29, 0.717) is 17.2 Å². The minimum Gasteiger partial charge on any atom is -0.496 e. The zero-order valence-corrected chi connectivity index (χ0v) is 15.3. The van der Waals surface area contributed by atoms with Crippen molar-refractivity contribution in [3.63, 3.8) is 0 Å². The lowest BCUT2D eigenvalue weighted by Crippen LogP contribution is -2.11. The fraction of sp³-hybridized carbons (Fsp3) is 0.0435. The second-order valence-electron chi connectivity index (χ2n) is 6.17. The second kappa shape index (κ2) is 7.80. The number of ether oxygens (including phenoxy) is 1. The molecule has 0 aliphatic carbocycles. The van der Waals surface area contributed by atoms with Crippen molar-refractivity contribution in [3.8, 4) is 28.2 Å². The fourth-order valence-corrected chi connectivity index (χ4v) is 2.93. The average molecular weight is 370 g/mol. The van der Waals surface area contributed by atoms with Crippen LogP contribution in [0.3, 0.4) is 0 Å². The molecule has 3 aromatic carbocycles. The molecule has 0 atom stereocenters. The van der Waals surface area contributed by atoms with Crippen molar-refractivity contribution < 1.29 is 14.1 Å². The number of aromatic nitrogens is 1. The molecule has 0 fully saturated rings. The number of carbonyl (C=O) groups excluding carboxylic acids is 1. The van der Waals surface area contributed by atoms with Gasteiger partial charge in [-0.05, 0) is 35.4 Å². The second-order valence-corrected chi connectivity index (χ2v) is 6.17. The Morgan fingerprint density at radius 2 is 1.57 bits per heavy atom. The van der Waals surface area contributed by atoms with E-state index in [0.717, 1.165) is 16.7 Å². The molecule has 0 bridgehead atoms. The van der Waals surface area contributed by atoms with E-state index in [1.54, 1.807) is 13.2 Å². The molecule has 0 spiro atoms. The smallest absolute Gasteiger partial charge is 0.277 e. The number of amides is 1. The summed E-state index contributed by atoms with van der Waals surface area (Å²) in [5.41, 5.74) is 3.83. The van der Waals surface area contributed by atoms with Crippen molar-refractivity contribution in [2.24, 2.45) is 0 Å². The van der Waals surface area contributed by atoms with Crippen LogP contribution in [0.25, 0.3) is 22.5 Å². The molecule has 0 saturated carbocycles. The number of anilines is 1. The fourth-order valence-electron chi connectivity index (χ4n) is 2.93. The van der Waals surface area contributed by atoms with Gasteiger partial charge >= 0.3 is 0 Å². The maximum Gasteiger partial charge on any atom is 0.277 e. The van der Waals surface area contributed by atoms with Crippen LogP contribution in [-0.4, -0.2) is 18.2 Å². The van der Waals surface area contributed by atoms with Gasteiger partial charge in [0.2, 0.25) is 0 Å². The van der Waals surface area contributed by atoms with Crippen molar-refractivity contribution in [3.05, 3.63) is 90.6 Å². The van der Waals surface area contributed by atoms with Crippen molar-refractivity contribution in [1.82, 2.24) is 5.16 Å². The van der Waals surface area contributed by atoms with Gasteiger partial charge in [-0.15, -0.1) is 0 Å². The quantitative estimate of drug-likeness (QED) is 0.520. The van der Waals surface area contributed by atoms with Crippen LogP contribution in [0.4, 0.5) is 5.69 Å². The molecule has 1 heterocycles. The number of hydrogen-bond acceptors (Lipinski definition) is 4. The van der Waals surface area contributed by atoms with Crippen LogP contribution in [0.15, 0.2) is 89.5 Å². The summed E-state index contributed by atoms with van der Waals surface area (Å²) in [6, 6.07) is 26.7. The van der Waals surface area contributed by atoms with E-state index < -0.39 is 0 Å². The summed E-state index contributed by atoms with van der Waals surface area (Å²) in [5.74, 6) is 0.793. The largest absolute Gasteiger partial charge is 0.496 e. The highest BCUT2D eigenvalue weighted by Crippen LogP contribution is 2.30. The summed E-state index contributed by atoms with van der Waals surface area (Å²) < 4.78 is 10.7. The van der Waals surface area contributed by atoms with Crippen molar-refractivity contribution >= 4 is 11.6 Å². The molecule has 4 rings (SSSR count).